The van der Waals surface area contributed by atoms with Crippen LogP contribution in [0.25, 0.3) is 0 Å². The highest BCUT2D eigenvalue weighted by molar-refractivity contribution is 14.1. The van der Waals surface area contributed by atoms with Crippen LogP contribution in [0.3, 0.4) is 0 Å². The molecule has 0 aromatic heterocycles. The molecule has 1 aliphatic heterocycles. The largest absolute Gasteiger partial charge is 0.496 e. The molecular weight excluding hydrogens is 419 g/mol. The number of carbonyl (C=O) groups excluding carboxylic acids is 2. The zero-order chi connectivity index (χ0) is 16.3. The van der Waals surface area contributed by atoms with Gasteiger partial charge in [-0.3, -0.25) is 9.59 Å². The molecule has 1 N–H and O–H groups in total. The van der Waals surface area contributed by atoms with Crippen molar-refractivity contribution < 1.29 is 14.3 Å². The number of nitrogens with one attached hydrogen (secondary N) is 1. The van der Waals surface area contributed by atoms with Crippen LogP contribution in [0.1, 0.15) is 30.1 Å². The summed E-state index contributed by atoms with van der Waals surface area (Å²) >= 11 is 8.23. The molecule has 1 aromatic rings. The molecule has 0 spiro atoms. The lowest BCUT2D eigenvalue weighted by Gasteiger charge is -2.32. The van der Waals surface area contributed by atoms with Crippen LogP contribution in [0.15, 0.2) is 12.1 Å². The van der Waals surface area contributed by atoms with Crippen molar-refractivity contribution in [3.05, 3.63) is 26.3 Å². The lowest BCUT2D eigenvalue weighted by atomic mass is 10.0. The van der Waals surface area contributed by atoms with Gasteiger partial charge in [-0.05, 0) is 47.6 Å². The smallest absolute Gasteiger partial charge is 0.257 e. The topological polar surface area (TPSA) is 58.6 Å². The molecule has 0 unspecified atom stereocenters. The highest BCUT2D eigenvalue weighted by Gasteiger charge is 2.26. The van der Waals surface area contributed by atoms with E-state index in [0.29, 0.717) is 29.4 Å². The minimum atomic E-state index is -0.0866. The average Bonchev–Trinajstić information content (AvgIpc) is 2.49. The maximum Gasteiger partial charge on any atom is 0.257 e. The van der Waals surface area contributed by atoms with Gasteiger partial charge >= 0.3 is 0 Å². The third kappa shape index (κ3) is 4.04. The Morgan fingerprint density at radius 3 is 2.55 bits per heavy atom. The predicted molar refractivity (Wildman–Crippen MR) is 93.5 cm³/mol. The number of rotatable bonds is 3. The third-order valence-electron chi connectivity index (χ3n) is 3.66. The Kier molecular flexibility index (Phi) is 5.91. The number of carbonyl (C=O) groups is 2. The van der Waals surface area contributed by atoms with Crippen molar-refractivity contribution in [2.45, 2.75) is 25.8 Å². The molecule has 1 heterocycles. The van der Waals surface area contributed by atoms with E-state index in [-0.39, 0.29) is 17.9 Å². The number of ether oxygens (including phenoxy) is 1. The summed E-state index contributed by atoms with van der Waals surface area (Å²) < 4.78 is 6.14. The van der Waals surface area contributed by atoms with E-state index < -0.39 is 0 Å². The molecule has 7 heteroatoms. The fourth-order valence-electron chi connectivity index (χ4n) is 2.55. The van der Waals surface area contributed by atoms with Crippen molar-refractivity contribution in [1.82, 2.24) is 10.2 Å². The van der Waals surface area contributed by atoms with Gasteiger partial charge in [-0.15, -0.1) is 0 Å². The minimum Gasteiger partial charge on any atom is -0.496 e. The van der Waals surface area contributed by atoms with Crippen LogP contribution in [0.4, 0.5) is 0 Å². The first-order chi connectivity index (χ1) is 10.4. The summed E-state index contributed by atoms with van der Waals surface area (Å²) in [5.41, 5.74) is 0.478. The Labute approximate surface area is 148 Å². The molecule has 22 heavy (non-hydrogen) atoms. The number of hydrogen-bond donors (Lipinski definition) is 1. The van der Waals surface area contributed by atoms with Gasteiger partial charge in [0.15, 0.2) is 0 Å². The van der Waals surface area contributed by atoms with Crippen molar-refractivity contribution in [3.8, 4) is 5.75 Å². The van der Waals surface area contributed by atoms with Gasteiger partial charge in [0.1, 0.15) is 5.75 Å². The molecule has 0 atom stereocenters. The highest BCUT2D eigenvalue weighted by Crippen LogP contribution is 2.29. The van der Waals surface area contributed by atoms with Gasteiger partial charge in [0.2, 0.25) is 5.91 Å². The second kappa shape index (κ2) is 7.50. The Hall–Kier alpha value is -1.02. The Morgan fingerprint density at radius 1 is 1.36 bits per heavy atom. The molecule has 1 fully saturated rings. The van der Waals surface area contributed by atoms with Crippen molar-refractivity contribution >= 4 is 46.0 Å². The van der Waals surface area contributed by atoms with Crippen molar-refractivity contribution in [2.75, 3.05) is 20.2 Å². The van der Waals surface area contributed by atoms with Gasteiger partial charge in [-0.1, -0.05) is 11.6 Å². The first-order valence-electron chi connectivity index (χ1n) is 7.01. The number of likely N-dealkylation sites (tertiary alicyclic amines) is 1. The van der Waals surface area contributed by atoms with E-state index in [1.807, 2.05) is 0 Å². The first kappa shape index (κ1) is 17.3. The van der Waals surface area contributed by atoms with Crippen LogP contribution >= 0.6 is 34.2 Å². The molecule has 2 rings (SSSR count). The molecule has 0 aliphatic carbocycles. The Morgan fingerprint density at radius 2 is 2.00 bits per heavy atom. The van der Waals surface area contributed by atoms with E-state index in [1.54, 1.807) is 24.1 Å². The van der Waals surface area contributed by atoms with Crippen LogP contribution < -0.4 is 10.1 Å². The van der Waals surface area contributed by atoms with E-state index in [9.17, 15) is 9.59 Å². The monoisotopic (exact) mass is 436 g/mol. The van der Waals surface area contributed by atoms with Gasteiger partial charge in [0.25, 0.3) is 5.91 Å². The maximum atomic E-state index is 12.7. The highest BCUT2D eigenvalue weighted by atomic mass is 127. The maximum absolute atomic E-state index is 12.7. The van der Waals surface area contributed by atoms with Crippen molar-refractivity contribution in [1.29, 1.82) is 0 Å². The SMILES string of the molecule is COc1cc(I)c(Cl)cc1C(=O)N1CCC(NC(C)=O)CC1. The Bertz CT molecular complexity index is 586. The predicted octanol–water partition coefficient (Wildman–Crippen LogP) is 2.69. The molecule has 1 saturated heterocycles. The zero-order valence-corrected chi connectivity index (χ0v) is 15.4. The summed E-state index contributed by atoms with van der Waals surface area (Å²) in [6, 6.07) is 3.56. The molecule has 0 saturated carbocycles. The number of amides is 2. The normalized spacial score (nSPS) is 15.5. The van der Waals surface area contributed by atoms with Gasteiger partial charge in [0, 0.05) is 29.6 Å². The third-order valence-corrected chi connectivity index (χ3v) is 5.19. The standard InChI is InChI=1S/C15H18ClIN2O3/c1-9(20)18-10-3-5-19(6-4-10)15(21)11-7-12(16)13(17)8-14(11)22-2/h7-8,10H,3-6H2,1-2H3,(H,18,20). The molecule has 120 valence electrons. The summed E-state index contributed by atoms with van der Waals surface area (Å²) in [5, 5.41) is 3.44. The molecule has 0 bridgehead atoms. The van der Waals surface area contributed by atoms with Crippen LogP contribution in [-0.4, -0.2) is 43.0 Å². The van der Waals surface area contributed by atoms with Gasteiger partial charge < -0.3 is 15.0 Å². The minimum absolute atomic E-state index is 0.0316. The van der Waals surface area contributed by atoms with E-state index in [0.717, 1.165) is 16.4 Å². The summed E-state index contributed by atoms with van der Waals surface area (Å²) in [4.78, 5) is 25.5. The summed E-state index contributed by atoms with van der Waals surface area (Å²) in [6.07, 6.45) is 1.51. The van der Waals surface area contributed by atoms with Crippen LogP contribution in [-0.2, 0) is 4.79 Å². The van der Waals surface area contributed by atoms with Crippen molar-refractivity contribution in [3.63, 3.8) is 0 Å². The van der Waals surface area contributed by atoms with E-state index >= 15 is 0 Å². The number of nitrogens with zero attached hydrogens (tertiary/aromatic N) is 1. The van der Waals surface area contributed by atoms with E-state index in [4.69, 9.17) is 16.3 Å². The zero-order valence-electron chi connectivity index (χ0n) is 12.5. The fraction of sp³-hybridized carbons (Fsp3) is 0.467. The number of halogens is 2. The van der Waals surface area contributed by atoms with Crippen LogP contribution in [0, 0.1) is 3.57 Å². The van der Waals surface area contributed by atoms with E-state index in [1.165, 1.54) is 6.92 Å². The van der Waals surface area contributed by atoms with Crippen LogP contribution in [0.2, 0.25) is 5.02 Å². The molecule has 2 amide bonds. The van der Waals surface area contributed by atoms with Crippen LogP contribution in [0.5, 0.6) is 5.75 Å². The summed E-state index contributed by atoms with van der Waals surface area (Å²) in [6.45, 7) is 2.73. The molecule has 0 radical (unpaired) electrons. The molecule has 5 nitrogen and oxygen atoms in total. The van der Waals surface area contributed by atoms with E-state index in [2.05, 4.69) is 27.9 Å². The lowest BCUT2D eigenvalue weighted by molar-refractivity contribution is -0.119. The first-order valence-corrected chi connectivity index (χ1v) is 8.47. The van der Waals surface area contributed by atoms with Gasteiger partial charge in [0.05, 0.1) is 17.7 Å². The number of piperidine rings is 1. The number of benzene rings is 1. The number of methoxy groups -OCH3 is 1. The second-order valence-electron chi connectivity index (χ2n) is 5.23. The second-order valence-corrected chi connectivity index (χ2v) is 6.80. The molecule has 1 aliphatic rings. The fourth-order valence-corrected chi connectivity index (χ4v) is 3.15. The molecule has 1 aromatic carbocycles. The Balaban J connectivity index is 2.10. The van der Waals surface area contributed by atoms with Gasteiger partial charge in [-0.2, -0.15) is 0 Å². The summed E-state index contributed by atoms with van der Waals surface area (Å²) in [7, 11) is 1.54. The quantitative estimate of drug-likeness (QED) is 0.741. The summed E-state index contributed by atoms with van der Waals surface area (Å²) in [5.74, 6) is 0.412. The van der Waals surface area contributed by atoms with Crippen molar-refractivity contribution in [2.24, 2.45) is 0 Å². The average molecular weight is 437 g/mol. The van der Waals surface area contributed by atoms with Gasteiger partial charge in [-0.25, -0.2) is 0 Å². The molecular formula is C15H18ClIN2O3. The number of hydrogen-bond acceptors (Lipinski definition) is 3. The lowest BCUT2D eigenvalue weighted by Crippen LogP contribution is -2.46.